The largest absolute Gasteiger partial charge is 0.485 e. The maximum absolute atomic E-state index is 11.4. The first-order chi connectivity index (χ1) is 10.5. The Balaban J connectivity index is 2.45. The monoisotopic (exact) mass is 387 g/mol. The van der Waals surface area contributed by atoms with Gasteiger partial charge in [0, 0.05) is 22.8 Å². The summed E-state index contributed by atoms with van der Waals surface area (Å²) in [4.78, 5) is 9.67. The summed E-state index contributed by atoms with van der Waals surface area (Å²) in [6, 6.07) is 1.67. The zero-order valence-corrected chi connectivity index (χ0v) is 13.9. The minimum atomic E-state index is -4.22. The standard InChI is InChI=1S/C10H10ClNO9S2/c1-19-22(15,16)5-6-4-20-9-3-7(23(11,17)18)2-8(12(13)14)10(9)21-6/h2-3,6H,4-5H2,1H3/t6-/m1/s1. The first kappa shape index (κ1) is 17.7. The van der Waals surface area contributed by atoms with Crippen molar-refractivity contribution in [2.24, 2.45) is 0 Å². The van der Waals surface area contributed by atoms with Crippen LogP contribution in [-0.4, -0.2) is 47.3 Å². The molecule has 0 saturated carbocycles. The average Bonchev–Trinajstić information content (AvgIpc) is 2.44. The molecule has 0 aromatic heterocycles. The average molecular weight is 388 g/mol. The highest BCUT2D eigenvalue weighted by Crippen LogP contribution is 2.43. The van der Waals surface area contributed by atoms with Gasteiger partial charge in [0.1, 0.15) is 18.5 Å². The van der Waals surface area contributed by atoms with Crippen molar-refractivity contribution in [1.82, 2.24) is 0 Å². The van der Waals surface area contributed by atoms with Gasteiger partial charge in [-0.15, -0.1) is 0 Å². The van der Waals surface area contributed by atoms with Crippen LogP contribution in [0, 0.1) is 10.1 Å². The number of hydrogen-bond donors (Lipinski definition) is 0. The molecule has 0 saturated heterocycles. The van der Waals surface area contributed by atoms with Gasteiger partial charge < -0.3 is 9.47 Å². The van der Waals surface area contributed by atoms with Crippen LogP contribution in [0.1, 0.15) is 0 Å². The number of nitro benzene ring substituents is 1. The van der Waals surface area contributed by atoms with Gasteiger partial charge >= 0.3 is 5.69 Å². The number of halogens is 1. The number of hydrogen-bond acceptors (Lipinski definition) is 9. The second-order valence-corrected chi connectivity index (χ2v) is 8.75. The summed E-state index contributed by atoms with van der Waals surface area (Å²) in [5, 5.41) is 11.1. The molecule has 128 valence electrons. The molecule has 0 unspecified atom stereocenters. The third-order valence-electron chi connectivity index (χ3n) is 2.84. The third kappa shape index (κ3) is 4.02. The van der Waals surface area contributed by atoms with E-state index >= 15 is 0 Å². The van der Waals surface area contributed by atoms with Crippen molar-refractivity contribution in [3.05, 3.63) is 22.2 Å². The van der Waals surface area contributed by atoms with Gasteiger partial charge in [-0.3, -0.25) is 14.3 Å². The van der Waals surface area contributed by atoms with Crippen LogP contribution in [0.4, 0.5) is 5.69 Å². The molecular weight excluding hydrogens is 378 g/mol. The van der Waals surface area contributed by atoms with Crippen molar-refractivity contribution in [2.45, 2.75) is 11.0 Å². The summed E-state index contributed by atoms with van der Waals surface area (Å²) in [6.45, 7) is -0.265. The first-order valence-electron chi connectivity index (χ1n) is 5.88. The van der Waals surface area contributed by atoms with Crippen molar-refractivity contribution < 1.29 is 35.4 Å². The van der Waals surface area contributed by atoms with E-state index in [1.807, 2.05) is 0 Å². The van der Waals surface area contributed by atoms with Gasteiger partial charge in [-0.05, 0) is 0 Å². The molecule has 0 spiro atoms. The van der Waals surface area contributed by atoms with Gasteiger partial charge in [-0.2, -0.15) is 8.42 Å². The van der Waals surface area contributed by atoms with E-state index in [-0.39, 0.29) is 18.1 Å². The van der Waals surface area contributed by atoms with E-state index in [2.05, 4.69) is 4.18 Å². The van der Waals surface area contributed by atoms with Crippen molar-refractivity contribution in [3.63, 3.8) is 0 Å². The Hall–Kier alpha value is -1.63. The lowest BCUT2D eigenvalue weighted by molar-refractivity contribution is -0.386. The number of nitro groups is 1. The molecule has 1 aliphatic rings. The molecule has 1 aromatic carbocycles. The number of nitrogens with zero attached hydrogens (tertiary/aromatic N) is 1. The van der Waals surface area contributed by atoms with Crippen LogP contribution in [0.3, 0.4) is 0 Å². The maximum Gasteiger partial charge on any atom is 0.316 e. The molecule has 1 atom stereocenters. The van der Waals surface area contributed by atoms with E-state index in [4.69, 9.17) is 20.2 Å². The molecule has 1 heterocycles. The highest BCUT2D eigenvalue weighted by atomic mass is 35.7. The van der Waals surface area contributed by atoms with Crippen LogP contribution in [0.5, 0.6) is 11.5 Å². The zero-order chi connectivity index (χ0) is 17.4. The SMILES string of the molecule is COS(=O)(=O)C[C@H]1COc2cc(S(=O)(=O)Cl)cc([N+](=O)[O-])c2O1. The second-order valence-electron chi connectivity index (χ2n) is 4.41. The number of ether oxygens (including phenoxy) is 2. The van der Waals surface area contributed by atoms with Crippen LogP contribution < -0.4 is 9.47 Å². The number of benzene rings is 1. The molecule has 0 N–H and O–H groups in total. The lowest BCUT2D eigenvalue weighted by Crippen LogP contribution is -2.36. The van der Waals surface area contributed by atoms with Gasteiger partial charge in [0.15, 0.2) is 5.75 Å². The Bertz CT molecular complexity index is 849. The molecule has 0 aliphatic carbocycles. The molecule has 0 amide bonds. The van der Waals surface area contributed by atoms with E-state index in [0.717, 1.165) is 13.2 Å². The van der Waals surface area contributed by atoms with E-state index in [0.29, 0.717) is 6.07 Å². The molecule has 0 radical (unpaired) electrons. The third-order valence-corrected chi connectivity index (χ3v) is 5.46. The zero-order valence-electron chi connectivity index (χ0n) is 11.5. The smallest absolute Gasteiger partial charge is 0.316 e. The van der Waals surface area contributed by atoms with Gasteiger partial charge in [0.25, 0.3) is 19.2 Å². The number of rotatable bonds is 5. The predicted molar refractivity (Wildman–Crippen MR) is 76.8 cm³/mol. The summed E-state index contributed by atoms with van der Waals surface area (Å²) in [5.41, 5.74) is -0.707. The Labute approximate surface area is 135 Å². The molecule has 10 nitrogen and oxygen atoms in total. The predicted octanol–water partition coefficient (Wildman–Crippen LogP) is 0.638. The molecule has 1 aromatic rings. The lowest BCUT2D eigenvalue weighted by Gasteiger charge is -2.25. The van der Waals surface area contributed by atoms with E-state index in [1.165, 1.54) is 0 Å². The molecule has 0 bridgehead atoms. The molecule has 2 rings (SSSR count). The summed E-state index contributed by atoms with van der Waals surface area (Å²) in [6.07, 6.45) is -1.05. The fourth-order valence-electron chi connectivity index (χ4n) is 1.83. The normalized spacial score (nSPS) is 17.7. The van der Waals surface area contributed by atoms with Crippen LogP contribution >= 0.6 is 10.7 Å². The Morgan fingerprint density at radius 1 is 1.39 bits per heavy atom. The first-order valence-corrected chi connectivity index (χ1v) is 9.77. The van der Waals surface area contributed by atoms with Gasteiger partial charge in [0.2, 0.25) is 5.75 Å². The van der Waals surface area contributed by atoms with Gasteiger partial charge in [-0.25, -0.2) is 8.42 Å². The topological polar surface area (TPSA) is 139 Å². The van der Waals surface area contributed by atoms with Crippen molar-refractivity contribution in [2.75, 3.05) is 19.5 Å². The van der Waals surface area contributed by atoms with E-state index in [9.17, 15) is 26.9 Å². The van der Waals surface area contributed by atoms with E-state index < -0.39 is 46.5 Å². The van der Waals surface area contributed by atoms with Crippen molar-refractivity contribution >= 4 is 35.5 Å². The van der Waals surface area contributed by atoms with Crippen LogP contribution in [0.25, 0.3) is 0 Å². The van der Waals surface area contributed by atoms with Crippen molar-refractivity contribution in [1.29, 1.82) is 0 Å². The summed E-state index contributed by atoms with van der Waals surface area (Å²) >= 11 is 0. The minimum absolute atomic E-state index is 0.218. The summed E-state index contributed by atoms with van der Waals surface area (Å²) in [5.74, 6) is -1.18. The Morgan fingerprint density at radius 3 is 2.57 bits per heavy atom. The Morgan fingerprint density at radius 2 is 2.04 bits per heavy atom. The summed E-state index contributed by atoms with van der Waals surface area (Å²) in [7, 11) is -1.97. The van der Waals surface area contributed by atoms with Crippen LogP contribution in [-0.2, 0) is 23.4 Å². The summed E-state index contributed by atoms with van der Waals surface area (Å²) < 4.78 is 60.2. The quantitative estimate of drug-likeness (QED) is 0.308. The van der Waals surface area contributed by atoms with E-state index in [1.54, 1.807) is 0 Å². The van der Waals surface area contributed by atoms with Gasteiger partial charge in [0.05, 0.1) is 16.9 Å². The lowest BCUT2D eigenvalue weighted by atomic mass is 10.2. The minimum Gasteiger partial charge on any atom is -0.485 e. The fraction of sp³-hybridized carbons (Fsp3) is 0.400. The molecular formula is C10H10ClNO9S2. The van der Waals surface area contributed by atoms with Crippen LogP contribution in [0.2, 0.25) is 0 Å². The van der Waals surface area contributed by atoms with Crippen LogP contribution in [0.15, 0.2) is 17.0 Å². The van der Waals surface area contributed by atoms with Gasteiger partial charge in [-0.1, -0.05) is 0 Å². The molecule has 1 aliphatic heterocycles. The number of fused-ring (bicyclic) bond motifs is 1. The molecule has 0 fully saturated rings. The van der Waals surface area contributed by atoms with Crippen molar-refractivity contribution in [3.8, 4) is 11.5 Å². The second kappa shape index (κ2) is 6.11. The fourth-order valence-corrected chi connectivity index (χ4v) is 3.35. The molecule has 13 heteroatoms. The highest BCUT2D eigenvalue weighted by molar-refractivity contribution is 8.13. The Kier molecular flexibility index (Phi) is 4.71. The highest BCUT2D eigenvalue weighted by Gasteiger charge is 2.34. The molecule has 23 heavy (non-hydrogen) atoms. The maximum atomic E-state index is 11.4.